The van der Waals surface area contributed by atoms with E-state index in [0.717, 1.165) is 12.8 Å². The van der Waals surface area contributed by atoms with Crippen LogP contribution in [0.1, 0.15) is 50.9 Å². The third kappa shape index (κ3) is 5.01. The van der Waals surface area contributed by atoms with Crippen LogP contribution in [0.15, 0.2) is 18.3 Å². The Labute approximate surface area is 126 Å². The largest absolute Gasteiger partial charge is 0.475 e. The number of nitrogens with zero attached hydrogens (tertiary/aromatic N) is 1. The third-order valence-electron chi connectivity index (χ3n) is 3.81. The van der Waals surface area contributed by atoms with E-state index >= 15 is 0 Å². The van der Waals surface area contributed by atoms with Gasteiger partial charge in [-0.25, -0.2) is 4.98 Å². The minimum atomic E-state index is -0.246. The highest BCUT2D eigenvalue weighted by Crippen LogP contribution is 2.24. The first-order chi connectivity index (χ1) is 9.96. The lowest BCUT2D eigenvalue weighted by Crippen LogP contribution is -2.39. The predicted octanol–water partition coefficient (Wildman–Crippen LogP) is 2.40. The molecule has 0 fully saturated rings. The normalized spacial score (nSPS) is 11.5. The molecule has 0 radical (unpaired) electrons. The second-order valence-electron chi connectivity index (χ2n) is 5.60. The van der Waals surface area contributed by atoms with Crippen LogP contribution in [0.4, 0.5) is 0 Å². The predicted molar refractivity (Wildman–Crippen MR) is 82.4 cm³/mol. The van der Waals surface area contributed by atoms with Crippen molar-refractivity contribution in [3.05, 3.63) is 23.9 Å². The van der Waals surface area contributed by atoms with Gasteiger partial charge in [0.25, 0.3) is 5.91 Å². The number of aromatic nitrogens is 1. The Hall–Kier alpha value is -1.62. The minimum Gasteiger partial charge on any atom is -0.475 e. The van der Waals surface area contributed by atoms with E-state index in [9.17, 15) is 9.90 Å². The highest BCUT2D eigenvalue weighted by molar-refractivity contribution is 5.93. The van der Waals surface area contributed by atoms with Gasteiger partial charge in [0.2, 0.25) is 5.88 Å². The summed E-state index contributed by atoms with van der Waals surface area (Å²) in [6.45, 7) is 8.41. The molecule has 0 unspecified atom stereocenters. The molecule has 1 amide bonds. The molecule has 1 rings (SSSR count). The van der Waals surface area contributed by atoms with Gasteiger partial charge in [-0.15, -0.1) is 0 Å². The second-order valence-corrected chi connectivity index (χ2v) is 5.60. The molecule has 1 aromatic rings. The SMILES string of the molecule is CCC(CC)(CO)CNC(=O)c1ccc(OC(C)C)nc1. The molecule has 0 aromatic carbocycles. The van der Waals surface area contributed by atoms with Gasteiger partial charge in [-0.05, 0) is 32.8 Å². The fourth-order valence-electron chi connectivity index (χ4n) is 1.98. The van der Waals surface area contributed by atoms with Crippen LogP contribution in [0.2, 0.25) is 0 Å². The lowest BCUT2D eigenvalue weighted by atomic mass is 9.83. The molecule has 5 nitrogen and oxygen atoms in total. The lowest BCUT2D eigenvalue weighted by Gasteiger charge is -2.29. The van der Waals surface area contributed by atoms with Crippen LogP contribution in [0, 0.1) is 5.41 Å². The van der Waals surface area contributed by atoms with E-state index < -0.39 is 0 Å². The van der Waals surface area contributed by atoms with Gasteiger partial charge in [0.1, 0.15) is 0 Å². The topological polar surface area (TPSA) is 71.5 Å². The Morgan fingerprint density at radius 3 is 2.48 bits per heavy atom. The minimum absolute atomic E-state index is 0.0523. The van der Waals surface area contributed by atoms with Gasteiger partial charge in [-0.1, -0.05) is 13.8 Å². The number of ether oxygens (including phenoxy) is 1. The van der Waals surface area contributed by atoms with Crippen LogP contribution in [0.25, 0.3) is 0 Å². The summed E-state index contributed by atoms with van der Waals surface area (Å²) in [6, 6.07) is 3.38. The standard InChI is InChI=1S/C16H26N2O3/c1-5-16(6-2,11-19)10-18-15(20)13-7-8-14(17-9-13)21-12(3)4/h7-9,12,19H,5-6,10-11H2,1-4H3,(H,18,20). The molecule has 0 atom stereocenters. The number of pyridine rings is 1. The van der Waals surface area contributed by atoms with E-state index in [0.29, 0.717) is 18.0 Å². The van der Waals surface area contributed by atoms with Crippen molar-refractivity contribution in [2.45, 2.75) is 46.6 Å². The van der Waals surface area contributed by atoms with E-state index in [1.54, 1.807) is 12.1 Å². The number of hydrogen-bond acceptors (Lipinski definition) is 4. The van der Waals surface area contributed by atoms with Crippen molar-refractivity contribution in [3.63, 3.8) is 0 Å². The molecule has 0 bridgehead atoms. The maximum Gasteiger partial charge on any atom is 0.252 e. The third-order valence-corrected chi connectivity index (χ3v) is 3.81. The number of rotatable bonds is 8. The molecule has 2 N–H and O–H groups in total. The summed E-state index contributed by atoms with van der Waals surface area (Å²) in [4.78, 5) is 16.2. The highest BCUT2D eigenvalue weighted by Gasteiger charge is 2.26. The molecular formula is C16H26N2O3. The van der Waals surface area contributed by atoms with Gasteiger partial charge in [0.15, 0.2) is 0 Å². The molecule has 0 spiro atoms. The first-order valence-corrected chi connectivity index (χ1v) is 7.48. The van der Waals surface area contributed by atoms with E-state index in [2.05, 4.69) is 10.3 Å². The number of carbonyl (C=O) groups excluding carboxylic acids is 1. The zero-order valence-electron chi connectivity index (χ0n) is 13.3. The maximum absolute atomic E-state index is 12.1. The van der Waals surface area contributed by atoms with Gasteiger partial charge < -0.3 is 15.2 Å². The number of hydrogen-bond donors (Lipinski definition) is 2. The van der Waals surface area contributed by atoms with Crippen molar-refractivity contribution in [1.29, 1.82) is 0 Å². The van der Waals surface area contributed by atoms with Gasteiger partial charge in [0.05, 0.1) is 18.3 Å². The molecule has 5 heteroatoms. The van der Waals surface area contributed by atoms with Crippen molar-refractivity contribution in [3.8, 4) is 5.88 Å². The van der Waals surface area contributed by atoms with Gasteiger partial charge in [-0.2, -0.15) is 0 Å². The van der Waals surface area contributed by atoms with Crippen molar-refractivity contribution < 1.29 is 14.6 Å². The molecule has 0 aliphatic heterocycles. The molecule has 0 saturated carbocycles. The first kappa shape index (κ1) is 17.4. The zero-order chi connectivity index (χ0) is 15.9. The average molecular weight is 294 g/mol. The fourth-order valence-corrected chi connectivity index (χ4v) is 1.98. The number of nitrogens with one attached hydrogen (secondary N) is 1. The van der Waals surface area contributed by atoms with E-state index in [4.69, 9.17) is 4.74 Å². The van der Waals surface area contributed by atoms with E-state index in [-0.39, 0.29) is 24.0 Å². The van der Waals surface area contributed by atoms with Gasteiger partial charge in [0, 0.05) is 24.2 Å². The molecule has 1 aromatic heterocycles. The highest BCUT2D eigenvalue weighted by atomic mass is 16.5. The molecule has 1 heterocycles. The van der Waals surface area contributed by atoms with E-state index in [1.807, 2.05) is 27.7 Å². The number of amides is 1. The lowest BCUT2D eigenvalue weighted by molar-refractivity contribution is 0.0850. The Balaban J connectivity index is 2.63. The number of carbonyl (C=O) groups is 1. The second kappa shape index (κ2) is 7.98. The van der Waals surface area contributed by atoms with Crippen LogP contribution in [-0.2, 0) is 0 Å². The number of aliphatic hydroxyl groups is 1. The molecule has 21 heavy (non-hydrogen) atoms. The maximum atomic E-state index is 12.1. The summed E-state index contributed by atoms with van der Waals surface area (Å²) in [5.74, 6) is 0.326. The fraction of sp³-hybridized carbons (Fsp3) is 0.625. The Morgan fingerprint density at radius 2 is 2.05 bits per heavy atom. The summed E-state index contributed by atoms with van der Waals surface area (Å²) >= 11 is 0. The Morgan fingerprint density at radius 1 is 1.38 bits per heavy atom. The van der Waals surface area contributed by atoms with Crippen molar-refractivity contribution in [1.82, 2.24) is 10.3 Å². The van der Waals surface area contributed by atoms with Gasteiger partial charge in [-0.3, -0.25) is 4.79 Å². The first-order valence-electron chi connectivity index (χ1n) is 7.48. The van der Waals surface area contributed by atoms with Gasteiger partial charge >= 0.3 is 0 Å². The van der Waals surface area contributed by atoms with Crippen LogP contribution >= 0.6 is 0 Å². The number of aliphatic hydroxyl groups excluding tert-OH is 1. The molecular weight excluding hydrogens is 268 g/mol. The molecule has 0 aliphatic rings. The molecule has 118 valence electrons. The quantitative estimate of drug-likeness (QED) is 0.772. The average Bonchev–Trinajstić information content (AvgIpc) is 2.49. The Bertz CT molecular complexity index is 431. The summed E-state index contributed by atoms with van der Waals surface area (Å²) in [6.07, 6.45) is 3.20. The van der Waals surface area contributed by atoms with E-state index in [1.165, 1.54) is 6.20 Å². The van der Waals surface area contributed by atoms with Crippen molar-refractivity contribution in [2.75, 3.05) is 13.2 Å². The summed E-state index contributed by atoms with van der Waals surface area (Å²) in [7, 11) is 0. The molecule has 0 aliphatic carbocycles. The Kier molecular flexibility index (Phi) is 6.62. The van der Waals surface area contributed by atoms with Crippen LogP contribution in [0.3, 0.4) is 0 Å². The van der Waals surface area contributed by atoms with Crippen molar-refractivity contribution >= 4 is 5.91 Å². The molecule has 0 saturated heterocycles. The van der Waals surface area contributed by atoms with Crippen LogP contribution < -0.4 is 10.1 Å². The monoisotopic (exact) mass is 294 g/mol. The van der Waals surface area contributed by atoms with Crippen molar-refractivity contribution in [2.24, 2.45) is 5.41 Å². The van der Waals surface area contributed by atoms with Crippen LogP contribution in [0.5, 0.6) is 5.88 Å². The smallest absolute Gasteiger partial charge is 0.252 e. The van der Waals surface area contributed by atoms with Crippen LogP contribution in [-0.4, -0.2) is 35.3 Å². The summed E-state index contributed by atoms with van der Waals surface area (Å²) in [5.41, 5.74) is 0.245. The summed E-state index contributed by atoms with van der Waals surface area (Å²) < 4.78 is 5.44. The summed E-state index contributed by atoms with van der Waals surface area (Å²) in [5, 5.41) is 12.4. The zero-order valence-corrected chi connectivity index (χ0v) is 13.3.